The van der Waals surface area contributed by atoms with E-state index >= 15 is 0 Å². The topological polar surface area (TPSA) is 84.9 Å². The van der Waals surface area contributed by atoms with Crippen LogP contribution < -0.4 is 9.64 Å². The predicted octanol–water partition coefficient (Wildman–Crippen LogP) is 2.09. The molecule has 0 bridgehead atoms. The Hall–Kier alpha value is -2.37. The van der Waals surface area contributed by atoms with Crippen LogP contribution in [0.2, 0.25) is 0 Å². The van der Waals surface area contributed by atoms with Crippen molar-refractivity contribution in [2.24, 2.45) is 0 Å². The lowest BCUT2D eigenvalue weighted by molar-refractivity contribution is 0.122. The summed E-state index contributed by atoms with van der Waals surface area (Å²) in [6.45, 7) is 4.27. The first-order valence-electron chi connectivity index (χ1n) is 9.70. The molecule has 2 aromatic rings. The molecule has 1 aromatic carbocycles. The van der Waals surface area contributed by atoms with E-state index in [0.29, 0.717) is 56.5 Å². The molecule has 1 fully saturated rings. The Morgan fingerprint density at radius 3 is 2.60 bits per heavy atom. The number of halogens is 2. The quantitative estimate of drug-likeness (QED) is 0.704. The fourth-order valence-electron chi connectivity index (χ4n) is 3.41. The molecular weight excluding hydrogens is 418 g/mol. The van der Waals surface area contributed by atoms with Gasteiger partial charge in [0.25, 0.3) is 0 Å². The largest absolute Gasteiger partial charge is 0.438 e. The summed E-state index contributed by atoms with van der Waals surface area (Å²) in [5.74, 6) is -1.39. The normalized spacial score (nSPS) is 17.6. The maximum Gasteiger partial charge on any atom is 0.229 e. The molecule has 11 heteroatoms. The van der Waals surface area contributed by atoms with Gasteiger partial charge in [-0.3, -0.25) is 0 Å². The standard InChI is InChI=1S/C19H22F2N4O4S/c1-2-30(26,27)25-6-5-17-14(12-25)18(29-13-3-4-15(20)16(21)11-13)23-19(22-17)24-7-9-28-10-8-24/h3-4,11H,2,5-10,12H2,1H3. The molecule has 162 valence electrons. The Kier molecular flexibility index (Phi) is 5.85. The van der Waals surface area contributed by atoms with E-state index in [1.807, 2.05) is 4.90 Å². The van der Waals surface area contributed by atoms with Crippen molar-refractivity contribution in [1.29, 1.82) is 0 Å². The molecule has 3 heterocycles. The van der Waals surface area contributed by atoms with Crippen LogP contribution in [0.4, 0.5) is 14.7 Å². The predicted molar refractivity (Wildman–Crippen MR) is 105 cm³/mol. The Morgan fingerprint density at radius 2 is 1.90 bits per heavy atom. The molecule has 2 aliphatic rings. The number of nitrogens with zero attached hydrogens (tertiary/aromatic N) is 4. The van der Waals surface area contributed by atoms with Crippen LogP contribution in [0.1, 0.15) is 18.2 Å². The number of fused-ring (bicyclic) bond motifs is 1. The molecule has 1 aromatic heterocycles. The van der Waals surface area contributed by atoms with Crippen molar-refractivity contribution in [2.75, 3.05) is 43.5 Å². The number of benzene rings is 1. The third-order valence-corrected chi connectivity index (χ3v) is 6.96. The highest BCUT2D eigenvalue weighted by Crippen LogP contribution is 2.33. The van der Waals surface area contributed by atoms with E-state index in [9.17, 15) is 17.2 Å². The molecule has 0 amide bonds. The van der Waals surface area contributed by atoms with Gasteiger partial charge in [0.1, 0.15) is 5.75 Å². The summed E-state index contributed by atoms with van der Waals surface area (Å²) in [6.07, 6.45) is 0.405. The third-order valence-electron chi connectivity index (χ3n) is 5.13. The molecule has 0 unspecified atom stereocenters. The van der Waals surface area contributed by atoms with Gasteiger partial charge in [0.15, 0.2) is 11.6 Å². The maximum absolute atomic E-state index is 13.7. The average molecular weight is 440 g/mol. The minimum Gasteiger partial charge on any atom is -0.438 e. The summed E-state index contributed by atoms with van der Waals surface area (Å²) >= 11 is 0. The van der Waals surface area contributed by atoms with Crippen molar-refractivity contribution in [3.63, 3.8) is 0 Å². The summed E-state index contributed by atoms with van der Waals surface area (Å²) in [5.41, 5.74) is 1.21. The molecule has 0 N–H and O–H groups in total. The number of aromatic nitrogens is 2. The van der Waals surface area contributed by atoms with Crippen molar-refractivity contribution in [3.8, 4) is 11.6 Å². The zero-order chi connectivity index (χ0) is 21.3. The average Bonchev–Trinajstić information content (AvgIpc) is 2.76. The van der Waals surface area contributed by atoms with Crippen molar-refractivity contribution in [1.82, 2.24) is 14.3 Å². The van der Waals surface area contributed by atoms with Crippen molar-refractivity contribution in [2.45, 2.75) is 19.9 Å². The van der Waals surface area contributed by atoms with E-state index in [0.717, 1.165) is 12.1 Å². The fourth-order valence-corrected chi connectivity index (χ4v) is 4.47. The lowest BCUT2D eigenvalue weighted by atomic mass is 10.1. The molecule has 4 rings (SSSR count). The van der Waals surface area contributed by atoms with E-state index in [-0.39, 0.29) is 23.9 Å². The number of ether oxygens (including phenoxy) is 2. The SMILES string of the molecule is CCS(=O)(=O)N1CCc2nc(N3CCOCC3)nc(Oc3ccc(F)c(F)c3)c2C1. The van der Waals surface area contributed by atoms with Crippen LogP contribution in [0.25, 0.3) is 0 Å². The van der Waals surface area contributed by atoms with Gasteiger partial charge in [-0.1, -0.05) is 0 Å². The molecule has 0 spiro atoms. The Labute approximate surface area is 173 Å². The molecule has 30 heavy (non-hydrogen) atoms. The van der Waals surface area contributed by atoms with Gasteiger partial charge in [0, 0.05) is 38.7 Å². The monoisotopic (exact) mass is 440 g/mol. The number of anilines is 1. The van der Waals surface area contributed by atoms with E-state index in [1.165, 1.54) is 10.4 Å². The number of hydrogen-bond acceptors (Lipinski definition) is 7. The minimum atomic E-state index is -3.41. The zero-order valence-corrected chi connectivity index (χ0v) is 17.3. The Balaban J connectivity index is 1.73. The second-order valence-corrected chi connectivity index (χ2v) is 9.27. The first-order valence-corrected chi connectivity index (χ1v) is 11.3. The van der Waals surface area contributed by atoms with Gasteiger partial charge in [-0.2, -0.15) is 9.29 Å². The van der Waals surface area contributed by atoms with Gasteiger partial charge in [0.2, 0.25) is 21.9 Å². The van der Waals surface area contributed by atoms with Crippen LogP contribution in [0, 0.1) is 11.6 Å². The molecule has 0 saturated carbocycles. The van der Waals surface area contributed by atoms with Gasteiger partial charge in [-0.15, -0.1) is 0 Å². The second-order valence-electron chi connectivity index (χ2n) is 7.02. The molecule has 0 radical (unpaired) electrons. The lowest BCUT2D eigenvalue weighted by Gasteiger charge is -2.31. The summed E-state index contributed by atoms with van der Waals surface area (Å²) in [4.78, 5) is 11.1. The van der Waals surface area contributed by atoms with Gasteiger partial charge in [0.05, 0.1) is 30.2 Å². The number of sulfonamides is 1. The Morgan fingerprint density at radius 1 is 1.13 bits per heavy atom. The van der Waals surface area contributed by atoms with E-state index in [2.05, 4.69) is 9.97 Å². The second kappa shape index (κ2) is 8.40. The van der Waals surface area contributed by atoms with Gasteiger partial charge in [-0.25, -0.2) is 22.2 Å². The number of morpholine rings is 1. The van der Waals surface area contributed by atoms with Crippen molar-refractivity contribution < 1.29 is 26.7 Å². The molecular formula is C19H22F2N4O4S. The van der Waals surface area contributed by atoms with Gasteiger partial charge in [-0.05, 0) is 19.1 Å². The first-order chi connectivity index (χ1) is 14.4. The number of hydrogen-bond donors (Lipinski definition) is 0. The summed E-state index contributed by atoms with van der Waals surface area (Å²) < 4.78 is 64.2. The highest BCUT2D eigenvalue weighted by molar-refractivity contribution is 7.89. The Bertz CT molecular complexity index is 1050. The lowest BCUT2D eigenvalue weighted by Crippen LogP contribution is -2.40. The zero-order valence-electron chi connectivity index (χ0n) is 16.5. The molecule has 1 saturated heterocycles. The highest BCUT2D eigenvalue weighted by Gasteiger charge is 2.31. The minimum absolute atomic E-state index is 0.0194. The molecule has 2 aliphatic heterocycles. The van der Waals surface area contributed by atoms with Crippen LogP contribution in [-0.2, 0) is 27.7 Å². The smallest absolute Gasteiger partial charge is 0.229 e. The number of rotatable bonds is 5. The van der Waals surface area contributed by atoms with E-state index in [4.69, 9.17) is 9.47 Å². The van der Waals surface area contributed by atoms with Crippen LogP contribution in [-0.4, -0.2) is 61.3 Å². The van der Waals surface area contributed by atoms with Gasteiger partial charge >= 0.3 is 0 Å². The molecule has 0 aliphatic carbocycles. The van der Waals surface area contributed by atoms with Crippen molar-refractivity contribution >= 4 is 16.0 Å². The maximum atomic E-state index is 13.7. The van der Waals surface area contributed by atoms with Crippen LogP contribution in [0.15, 0.2) is 18.2 Å². The summed E-state index contributed by atoms with van der Waals surface area (Å²) in [7, 11) is -3.41. The highest BCUT2D eigenvalue weighted by atomic mass is 32.2. The van der Waals surface area contributed by atoms with Crippen LogP contribution in [0.5, 0.6) is 11.6 Å². The third kappa shape index (κ3) is 4.23. The molecule has 8 nitrogen and oxygen atoms in total. The van der Waals surface area contributed by atoms with E-state index in [1.54, 1.807) is 6.92 Å². The molecule has 0 atom stereocenters. The van der Waals surface area contributed by atoms with E-state index < -0.39 is 21.7 Å². The summed E-state index contributed by atoms with van der Waals surface area (Å²) in [6, 6.07) is 3.20. The van der Waals surface area contributed by atoms with Crippen molar-refractivity contribution in [3.05, 3.63) is 41.1 Å². The van der Waals surface area contributed by atoms with Crippen LogP contribution >= 0.6 is 0 Å². The van der Waals surface area contributed by atoms with Gasteiger partial charge < -0.3 is 14.4 Å². The van der Waals surface area contributed by atoms with Crippen LogP contribution in [0.3, 0.4) is 0 Å². The summed E-state index contributed by atoms with van der Waals surface area (Å²) in [5, 5.41) is 0. The first kappa shape index (κ1) is 20.9. The fraction of sp³-hybridized carbons (Fsp3) is 0.474.